The minimum atomic E-state index is -0.344. The molecule has 1 aromatic carbocycles. The summed E-state index contributed by atoms with van der Waals surface area (Å²) >= 11 is 5.15. The molecule has 1 unspecified atom stereocenters. The SMILES string of the molecule is O=[N+]([O-])c1cc(Br)ccc1NC1CCCSC1. The maximum Gasteiger partial charge on any atom is 0.293 e. The molecule has 0 aromatic heterocycles. The molecule has 92 valence electrons. The third-order valence-corrected chi connectivity index (χ3v) is 4.39. The van der Waals surface area contributed by atoms with Gasteiger partial charge in [0.2, 0.25) is 0 Å². The van der Waals surface area contributed by atoms with Crippen LogP contribution in [0.4, 0.5) is 11.4 Å². The van der Waals surface area contributed by atoms with Gasteiger partial charge in [0.1, 0.15) is 5.69 Å². The minimum Gasteiger partial charge on any atom is -0.376 e. The first-order chi connectivity index (χ1) is 8.16. The number of nitrogens with zero attached hydrogens (tertiary/aromatic N) is 1. The highest BCUT2D eigenvalue weighted by atomic mass is 79.9. The quantitative estimate of drug-likeness (QED) is 0.683. The topological polar surface area (TPSA) is 55.2 Å². The molecule has 1 fully saturated rings. The molecule has 0 amide bonds. The molecule has 1 aliphatic heterocycles. The Balaban J connectivity index is 2.16. The van der Waals surface area contributed by atoms with Gasteiger partial charge < -0.3 is 5.32 Å². The van der Waals surface area contributed by atoms with Crippen molar-refractivity contribution in [1.29, 1.82) is 0 Å². The van der Waals surface area contributed by atoms with Gasteiger partial charge in [-0.05, 0) is 30.7 Å². The van der Waals surface area contributed by atoms with E-state index >= 15 is 0 Å². The second kappa shape index (κ2) is 5.73. The summed E-state index contributed by atoms with van der Waals surface area (Å²) < 4.78 is 0.729. The molecule has 0 aliphatic carbocycles. The number of thioether (sulfide) groups is 1. The van der Waals surface area contributed by atoms with Crippen LogP contribution < -0.4 is 5.32 Å². The summed E-state index contributed by atoms with van der Waals surface area (Å²) in [5.41, 5.74) is 0.751. The number of nitro groups is 1. The number of benzene rings is 1. The normalized spacial score (nSPS) is 19.9. The van der Waals surface area contributed by atoms with Crippen LogP contribution in [0, 0.1) is 10.1 Å². The van der Waals surface area contributed by atoms with E-state index < -0.39 is 0 Å². The molecule has 2 rings (SSSR count). The predicted molar refractivity (Wildman–Crippen MR) is 74.8 cm³/mol. The van der Waals surface area contributed by atoms with Crippen molar-refractivity contribution in [2.24, 2.45) is 0 Å². The monoisotopic (exact) mass is 316 g/mol. The van der Waals surface area contributed by atoms with Gasteiger partial charge in [-0.25, -0.2) is 0 Å². The molecule has 17 heavy (non-hydrogen) atoms. The fourth-order valence-electron chi connectivity index (χ4n) is 1.85. The molecule has 1 atom stereocenters. The lowest BCUT2D eigenvalue weighted by molar-refractivity contribution is -0.384. The number of hydrogen-bond acceptors (Lipinski definition) is 4. The van der Waals surface area contributed by atoms with Crippen molar-refractivity contribution in [3.8, 4) is 0 Å². The van der Waals surface area contributed by atoms with Gasteiger partial charge in [0, 0.05) is 22.3 Å². The Hall–Kier alpha value is -0.750. The summed E-state index contributed by atoms with van der Waals surface area (Å²) in [5, 5.41) is 14.2. The lowest BCUT2D eigenvalue weighted by atomic mass is 10.1. The molecular weight excluding hydrogens is 304 g/mol. The zero-order valence-corrected chi connectivity index (χ0v) is 11.6. The highest BCUT2D eigenvalue weighted by Crippen LogP contribution is 2.30. The van der Waals surface area contributed by atoms with Crippen molar-refractivity contribution in [3.05, 3.63) is 32.8 Å². The van der Waals surface area contributed by atoms with Crippen LogP contribution in [-0.2, 0) is 0 Å². The van der Waals surface area contributed by atoms with Gasteiger partial charge in [-0.2, -0.15) is 11.8 Å². The Bertz CT molecular complexity index is 422. The molecule has 4 nitrogen and oxygen atoms in total. The Morgan fingerprint density at radius 3 is 3.00 bits per heavy atom. The molecule has 1 aliphatic rings. The average molecular weight is 317 g/mol. The fourth-order valence-corrected chi connectivity index (χ4v) is 3.27. The number of nitrogens with one attached hydrogen (secondary N) is 1. The van der Waals surface area contributed by atoms with E-state index in [-0.39, 0.29) is 10.6 Å². The van der Waals surface area contributed by atoms with Crippen LogP contribution in [0.3, 0.4) is 0 Å². The molecule has 0 spiro atoms. The highest BCUT2D eigenvalue weighted by molar-refractivity contribution is 9.10. The molecule has 0 bridgehead atoms. The number of anilines is 1. The van der Waals surface area contributed by atoms with E-state index in [4.69, 9.17) is 0 Å². The van der Waals surface area contributed by atoms with Crippen LogP contribution >= 0.6 is 27.7 Å². The van der Waals surface area contributed by atoms with E-state index in [9.17, 15) is 10.1 Å². The molecule has 0 radical (unpaired) electrons. The Morgan fingerprint density at radius 1 is 1.53 bits per heavy atom. The summed E-state index contributed by atoms with van der Waals surface area (Å²) in [6, 6.07) is 5.47. The first-order valence-electron chi connectivity index (χ1n) is 5.45. The Kier molecular flexibility index (Phi) is 4.28. The zero-order valence-electron chi connectivity index (χ0n) is 9.19. The third-order valence-electron chi connectivity index (χ3n) is 2.68. The summed E-state index contributed by atoms with van der Waals surface area (Å²) in [6.45, 7) is 0. The van der Waals surface area contributed by atoms with Crippen LogP contribution in [-0.4, -0.2) is 22.5 Å². The first-order valence-corrected chi connectivity index (χ1v) is 7.40. The van der Waals surface area contributed by atoms with Crippen LogP contribution in [0.15, 0.2) is 22.7 Å². The van der Waals surface area contributed by atoms with E-state index in [1.807, 2.05) is 17.8 Å². The molecule has 1 aromatic rings. The standard InChI is InChI=1S/C11H13BrN2O2S/c12-8-3-4-10(11(6-8)14(15)16)13-9-2-1-5-17-7-9/h3-4,6,9,13H,1-2,5,7H2. The number of nitro benzene ring substituents is 1. The van der Waals surface area contributed by atoms with Crippen molar-refractivity contribution in [1.82, 2.24) is 0 Å². The predicted octanol–water partition coefficient (Wildman–Crippen LogP) is 3.66. The molecule has 1 saturated heterocycles. The number of hydrogen-bond donors (Lipinski definition) is 1. The summed E-state index contributed by atoms with van der Waals surface area (Å²) in [7, 11) is 0. The lowest BCUT2D eigenvalue weighted by Gasteiger charge is -2.23. The first kappa shape index (κ1) is 12.7. The average Bonchev–Trinajstić information content (AvgIpc) is 2.32. The van der Waals surface area contributed by atoms with Crippen molar-refractivity contribution in [2.45, 2.75) is 18.9 Å². The molecular formula is C11H13BrN2O2S. The Morgan fingerprint density at radius 2 is 2.35 bits per heavy atom. The summed E-state index contributed by atoms with van der Waals surface area (Å²) in [4.78, 5) is 10.6. The van der Waals surface area contributed by atoms with Crippen molar-refractivity contribution >= 4 is 39.1 Å². The van der Waals surface area contributed by atoms with Gasteiger partial charge in [0.15, 0.2) is 0 Å². The van der Waals surface area contributed by atoms with E-state index in [0.717, 1.165) is 16.6 Å². The molecule has 1 N–H and O–H groups in total. The van der Waals surface area contributed by atoms with Crippen molar-refractivity contribution in [3.63, 3.8) is 0 Å². The van der Waals surface area contributed by atoms with Crippen LogP contribution in [0.25, 0.3) is 0 Å². The molecule has 0 saturated carbocycles. The van der Waals surface area contributed by atoms with E-state index in [2.05, 4.69) is 21.2 Å². The minimum absolute atomic E-state index is 0.134. The number of halogens is 1. The van der Waals surface area contributed by atoms with E-state index in [0.29, 0.717) is 11.7 Å². The van der Waals surface area contributed by atoms with Crippen LogP contribution in [0.5, 0.6) is 0 Å². The fraction of sp³-hybridized carbons (Fsp3) is 0.455. The van der Waals surface area contributed by atoms with Gasteiger partial charge in [-0.15, -0.1) is 0 Å². The maximum absolute atomic E-state index is 11.0. The van der Waals surface area contributed by atoms with Gasteiger partial charge in [0.25, 0.3) is 5.69 Å². The maximum atomic E-state index is 11.0. The lowest BCUT2D eigenvalue weighted by Crippen LogP contribution is -2.26. The van der Waals surface area contributed by atoms with Crippen LogP contribution in [0.1, 0.15) is 12.8 Å². The zero-order chi connectivity index (χ0) is 12.3. The highest BCUT2D eigenvalue weighted by Gasteiger charge is 2.19. The van der Waals surface area contributed by atoms with Crippen molar-refractivity contribution < 1.29 is 4.92 Å². The van der Waals surface area contributed by atoms with Gasteiger partial charge >= 0.3 is 0 Å². The summed E-state index contributed by atoms with van der Waals surface area (Å²) in [6.07, 6.45) is 2.26. The third kappa shape index (κ3) is 3.35. The molecule has 6 heteroatoms. The molecule has 1 heterocycles. The second-order valence-corrected chi connectivity index (χ2v) is 6.04. The van der Waals surface area contributed by atoms with Gasteiger partial charge in [-0.1, -0.05) is 15.9 Å². The van der Waals surface area contributed by atoms with Crippen LogP contribution in [0.2, 0.25) is 0 Å². The second-order valence-electron chi connectivity index (χ2n) is 3.98. The van der Waals surface area contributed by atoms with Gasteiger partial charge in [0.05, 0.1) is 4.92 Å². The van der Waals surface area contributed by atoms with E-state index in [1.54, 1.807) is 6.07 Å². The van der Waals surface area contributed by atoms with Crippen molar-refractivity contribution in [2.75, 3.05) is 16.8 Å². The largest absolute Gasteiger partial charge is 0.376 e. The summed E-state index contributed by atoms with van der Waals surface area (Å²) in [5.74, 6) is 2.22. The van der Waals surface area contributed by atoms with Gasteiger partial charge in [-0.3, -0.25) is 10.1 Å². The smallest absolute Gasteiger partial charge is 0.293 e. The Labute approximate surface area is 112 Å². The van der Waals surface area contributed by atoms with E-state index in [1.165, 1.54) is 18.2 Å². The number of rotatable bonds is 3.